The SMILES string of the molecule is O=[N+]([O-])C(c1nnnn1-c1nn[nH]n1)([N+](=O)[O-])[N+](=O)[O-]. The first-order valence-corrected chi connectivity index (χ1v) is 4.38. The third-order valence-electron chi connectivity index (χ3n) is 2.06. The Kier molecular flexibility index (Phi) is 2.70. The smallest absolute Gasteiger partial charge is 0.252 e. The molecule has 17 heteroatoms. The molecule has 17 nitrogen and oxygen atoms in total. The summed E-state index contributed by atoms with van der Waals surface area (Å²) in [6.45, 7) is 0. The van der Waals surface area contributed by atoms with Crippen LogP contribution in [-0.2, 0) is 5.79 Å². The summed E-state index contributed by atoms with van der Waals surface area (Å²) >= 11 is 0. The van der Waals surface area contributed by atoms with Gasteiger partial charge in [-0.1, -0.05) is 10.2 Å². The van der Waals surface area contributed by atoms with Gasteiger partial charge in [0, 0.05) is 0 Å². The van der Waals surface area contributed by atoms with Gasteiger partial charge in [-0.3, -0.25) is 30.3 Å². The Morgan fingerprint density at radius 3 is 2.10 bits per heavy atom. The van der Waals surface area contributed by atoms with Crippen LogP contribution in [0.5, 0.6) is 0 Å². The number of rotatable bonds is 5. The first kappa shape index (κ1) is 12.8. The molecule has 1 N–H and O–H groups in total. The molecule has 0 unspecified atom stereocenters. The highest BCUT2D eigenvalue weighted by Crippen LogP contribution is 2.25. The maximum absolute atomic E-state index is 10.9. The molecule has 0 saturated carbocycles. The van der Waals surface area contributed by atoms with Gasteiger partial charge in [0.05, 0.1) is 0 Å². The second-order valence-electron chi connectivity index (χ2n) is 3.03. The Bertz CT molecular complexity index is 636. The van der Waals surface area contributed by atoms with Gasteiger partial charge in [0.1, 0.15) is 0 Å². The zero-order chi connectivity index (χ0) is 14.9. The van der Waals surface area contributed by atoms with Gasteiger partial charge in [-0.2, -0.15) is 5.21 Å². The van der Waals surface area contributed by atoms with Crippen molar-refractivity contribution in [1.29, 1.82) is 0 Å². The molecule has 2 rings (SSSR count). The number of hydrogen-bond donors (Lipinski definition) is 1. The third kappa shape index (κ3) is 1.49. The first-order valence-electron chi connectivity index (χ1n) is 4.38. The van der Waals surface area contributed by atoms with Crippen molar-refractivity contribution < 1.29 is 14.8 Å². The van der Waals surface area contributed by atoms with E-state index in [1.165, 1.54) is 0 Å². The Morgan fingerprint density at radius 2 is 1.65 bits per heavy atom. The molecule has 0 atom stereocenters. The van der Waals surface area contributed by atoms with E-state index in [4.69, 9.17) is 0 Å². The molecule has 0 radical (unpaired) electrons. The maximum atomic E-state index is 10.9. The van der Waals surface area contributed by atoms with Crippen LogP contribution in [0.15, 0.2) is 0 Å². The maximum Gasteiger partial charge on any atom is 0.765 e. The van der Waals surface area contributed by atoms with Crippen molar-refractivity contribution in [3.63, 3.8) is 0 Å². The van der Waals surface area contributed by atoms with E-state index in [2.05, 4.69) is 30.9 Å². The van der Waals surface area contributed by atoms with E-state index in [1.807, 2.05) is 5.21 Å². The van der Waals surface area contributed by atoms with E-state index in [9.17, 15) is 30.3 Å². The molecular formula is C3HN11O6. The van der Waals surface area contributed by atoms with Crippen molar-refractivity contribution in [1.82, 2.24) is 40.8 Å². The lowest BCUT2D eigenvalue weighted by Gasteiger charge is -2.06. The van der Waals surface area contributed by atoms with Crippen LogP contribution in [0.3, 0.4) is 0 Å². The number of nitrogens with one attached hydrogen (secondary N) is 1. The highest BCUT2D eigenvalue weighted by molar-refractivity contribution is 5.06. The van der Waals surface area contributed by atoms with Crippen LogP contribution in [0.2, 0.25) is 0 Å². The highest BCUT2D eigenvalue weighted by Gasteiger charge is 2.77. The Balaban J connectivity index is 2.75. The van der Waals surface area contributed by atoms with Gasteiger partial charge < -0.3 is 0 Å². The molecule has 0 spiro atoms. The summed E-state index contributed by atoms with van der Waals surface area (Å²) in [6.07, 6.45) is 0. The van der Waals surface area contributed by atoms with Crippen molar-refractivity contribution in [2.75, 3.05) is 0 Å². The van der Waals surface area contributed by atoms with Crippen LogP contribution in [0.4, 0.5) is 0 Å². The molecule has 0 saturated heterocycles. The van der Waals surface area contributed by atoms with Crippen LogP contribution >= 0.6 is 0 Å². The van der Waals surface area contributed by atoms with Crippen LogP contribution in [0.1, 0.15) is 5.82 Å². The quantitative estimate of drug-likeness (QED) is 0.332. The third-order valence-corrected chi connectivity index (χ3v) is 2.06. The molecule has 20 heavy (non-hydrogen) atoms. The first-order chi connectivity index (χ1) is 9.42. The molecule has 104 valence electrons. The molecule has 0 aliphatic heterocycles. The number of tetrazole rings is 2. The standard InChI is InChI=1S/C3HN11O6/c15-12(16)3(13(17)18,14(19)20)1-4-9-10-11(1)2-5-7-8-6-2/h(H,5,6,7,8). The number of hydrogen-bond acceptors (Lipinski definition) is 12. The normalized spacial score (nSPS) is 11.2. The summed E-state index contributed by atoms with van der Waals surface area (Å²) in [7, 11) is 0. The molecule has 0 bridgehead atoms. The number of aromatic nitrogens is 8. The number of H-pyrrole nitrogens is 1. The molecule has 2 aromatic rings. The van der Waals surface area contributed by atoms with Crippen LogP contribution < -0.4 is 0 Å². The van der Waals surface area contributed by atoms with E-state index in [0.717, 1.165) is 0 Å². The fourth-order valence-corrected chi connectivity index (χ4v) is 1.22. The summed E-state index contributed by atoms with van der Waals surface area (Å²) in [4.78, 5) is 27.4. The summed E-state index contributed by atoms with van der Waals surface area (Å²) in [5.41, 5.74) is 0. The zero-order valence-corrected chi connectivity index (χ0v) is 8.92. The lowest BCUT2D eigenvalue weighted by atomic mass is 10.3. The minimum Gasteiger partial charge on any atom is -0.252 e. The van der Waals surface area contributed by atoms with E-state index in [-0.39, 0.29) is 4.68 Å². The van der Waals surface area contributed by atoms with Crippen LogP contribution in [0, 0.1) is 30.3 Å². The number of aromatic amines is 1. The number of nitrogens with zero attached hydrogens (tertiary/aromatic N) is 10. The molecule has 0 aliphatic rings. The summed E-state index contributed by atoms with van der Waals surface area (Å²) < 4.78 is 0.262. The Morgan fingerprint density at radius 1 is 1.05 bits per heavy atom. The Hall–Kier alpha value is -3.66. The molecule has 0 aromatic carbocycles. The predicted octanol–water partition coefficient (Wildman–Crippen LogP) is -2.88. The van der Waals surface area contributed by atoms with Crippen LogP contribution in [-0.4, -0.2) is 55.6 Å². The van der Waals surface area contributed by atoms with Gasteiger partial charge in [-0.25, -0.2) is 0 Å². The van der Waals surface area contributed by atoms with Gasteiger partial charge in [-0.05, 0) is 15.6 Å². The van der Waals surface area contributed by atoms with Crippen molar-refractivity contribution in [3.05, 3.63) is 36.2 Å². The minimum atomic E-state index is -4.00. The molecule has 0 fully saturated rings. The molecular weight excluding hydrogens is 286 g/mol. The van der Waals surface area contributed by atoms with Gasteiger partial charge >= 0.3 is 11.6 Å². The minimum absolute atomic E-state index is 0.262. The predicted molar refractivity (Wildman–Crippen MR) is 49.6 cm³/mol. The summed E-state index contributed by atoms with van der Waals surface area (Å²) in [5, 5.41) is 53.3. The van der Waals surface area contributed by atoms with E-state index >= 15 is 0 Å². The molecule has 2 heterocycles. The second-order valence-corrected chi connectivity index (χ2v) is 3.03. The van der Waals surface area contributed by atoms with Gasteiger partial charge in [0.25, 0.3) is 5.95 Å². The van der Waals surface area contributed by atoms with Gasteiger partial charge in [0.15, 0.2) is 14.8 Å². The summed E-state index contributed by atoms with van der Waals surface area (Å²) in [6, 6.07) is 0. The van der Waals surface area contributed by atoms with Crippen molar-refractivity contribution in [3.8, 4) is 5.95 Å². The Labute approximate surface area is 105 Å². The largest absolute Gasteiger partial charge is 0.765 e. The zero-order valence-electron chi connectivity index (χ0n) is 8.92. The molecule has 0 amide bonds. The van der Waals surface area contributed by atoms with E-state index < -0.39 is 32.3 Å². The van der Waals surface area contributed by atoms with E-state index in [1.54, 1.807) is 0 Å². The van der Waals surface area contributed by atoms with Crippen molar-refractivity contribution >= 4 is 0 Å². The van der Waals surface area contributed by atoms with Gasteiger partial charge in [0.2, 0.25) is 0 Å². The average molecular weight is 287 g/mol. The lowest BCUT2D eigenvalue weighted by Crippen LogP contribution is -2.52. The van der Waals surface area contributed by atoms with Crippen molar-refractivity contribution in [2.24, 2.45) is 0 Å². The van der Waals surface area contributed by atoms with E-state index in [0.29, 0.717) is 0 Å². The topological polar surface area (TPSA) is 227 Å². The second kappa shape index (κ2) is 4.22. The lowest BCUT2D eigenvalue weighted by molar-refractivity contribution is -0.987. The molecule has 2 aromatic heterocycles. The summed E-state index contributed by atoms with van der Waals surface area (Å²) in [5.74, 6) is -5.84. The number of nitro groups is 3. The van der Waals surface area contributed by atoms with Crippen molar-refractivity contribution in [2.45, 2.75) is 5.79 Å². The molecule has 0 aliphatic carbocycles. The monoisotopic (exact) mass is 287 g/mol. The fraction of sp³-hybridized carbons (Fsp3) is 0.333. The van der Waals surface area contributed by atoms with Gasteiger partial charge in [-0.15, -0.1) is 9.78 Å². The average Bonchev–Trinajstić information content (AvgIpc) is 2.96. The highest BCUT2D eigenvalue weighted by atomic mass is 16.7. The van der Waals surface area contributed by atoms with Crippen LogP contribution in [0.25, 0.3) is 5.95 Å². The fourth-order valence-electron chi connectivity index (χ4n) is 1.22.